The highest BCUT2D eigenvalue weighted by molar-refractivity contribution is 5.97. The Labute approximate surface area is 225 Å². The third-order valence-electron chi connectivity index (χ3n) is 7.93. The largest absolute Gasteiger partial charge is 0.497 e. The number of hydrogen-bond acceptors (Lipinski definition) is 4. The molecule has 1 atom stereocenters. The summed E-state index contributed by atoms with van der Waals surface area (Å²) in [4.78, 5) is 16.1. The number of benzene rings is 2. The van der Waals surface area contributed by atoms with Crippen molar-refractivity contribution in [1.82, 2.24) is 10.2 Å². The van der Waals surface area contributed by atoms with Crippen molar-refractivity contribution in [3.63, 3.8) is 0 Å². The maximum absolute atomic E-state index is 14.1. The van der Waals surface area contributed by atoms with Crippen molar-refractivity contribution in [3.05, 3.63) is 64.2 Å². The van der Waals surface area contributed by atoms with Gasteiger partial charge in [-0.1, -0.05) is 30.9 Å². The van der Waals surface area contributed by atoms with Crippen LogP contribution in [0.15, 0.2) is 35.9 Å². The number of nitrogens with one attached hydrogen (secondary N) is 1. The molecule has 206 valence electrons. The number of ether oxygens (including phenoxy) is 2. The maximum Gasteiger partial charge on any atom is 0.252 e. The van der Waals surface area contributed by atoms with Crippen LogP contribution in [0.25, 0.3) is 6.08 Å². The highest BCUT2D eigenvalue weighted by Gasteiger charge is 2.30. The second kappa shape index (κ2) is 13.2. The van der Waals surface area contributed by atoms with E-state index in [1.54, 1.807) is 33.3 Å². The topological polar surface area (TPSA) is 50.8 Å². The number of likely N-dealkylation sites (tertiary alicyclic amines) is 1. The molecule has 1 amide bonds. The summed E-state index contributed by atoms with van der Waals surface area (Å²) in [5.41, 5.74) is 2.44. The normalized spacial score (nSPS) is 19.0. The van der Waals surface area contributed by atoms with Crippen LogP contribution in [0.1, 0.15) is 73.4 Å². The monoisotopic (exact) mass is 526 g/mol. The van der Waals surface area contributed by atoms with E-state index in [1.807, 2.05) is 6.07 Å². The molecule has 2 aromatic rings. The Morgan fingerprint density at radius 3 is 2.55 bits per heavy atom. The number of hydrogen-bond donors (Lipinski definition) is 1. The number of amides is 1. The minimum atomic E-state index is -0.634. The van der Waals surface area contributed by atoms with Crippen molar-refractivity contribution >= 4 is 12.0 Å². The molecule has 1 saturated heterocycles. The maximum atomic E-state index is 14.1. The van der Waals surface area contributed by atoms with Crippen molar-refractivity contribution in [2.75, 3.05) is 33.9 Å². The molecule has 7 heteroatoms. The number of carbonyl (C=O) groups excluding carboxylic acids is 1. The van der Waals surface area contributed by atoms with Gasteiger partial charge in [-0.15, -0.1) is 0 Å². The van der Waals surface area contributed by atoms with Crippen LogP contribution in [0, 0.1) is 17.6 Å². The molecular formula is C31H40F2N2O3. The van der Waals surface area contributed by atoms with E-state index in [0.717, 1.165) is 49.1 Å². The number of nitrogens with zero attached hydrogens (tertiary/aromatic N) is 1. The Bertz CT molecular complexity index is 1140. The number of methoxy groups -OCH3 is 2. The Balaban J connectivity index is 1.51. The summed E-state index contributed by atoms with van der Waals surface area (Å²) in [5.74, 6) is 0.489. The zero-order valence-corrected chi connectivity index (χ0v) is 22.8. The van der Waals surface area contributed by atoms with E-state index < -0.39 is 11.6 Å². The van der Waals surface area contributed by atoms with E-state index in [4.69, 9.17) is 9.47 Å². The molecule has 0 unspecified atom stereocenters. The lowest BCUT2D eigenvalue weighted by Crippen LogP contribution is -2.36. The lowest BCUT2D eigenvalue weighted by molar-refractivity contribution is 0.0954. The SMILES string of the molecule is COc1cc(OC)c(C[C@H]2CCCN2CC2CCCCC2)c(C(=O)NCC(C)=Cc2ccc(F)cc2F)c1. The van der Waals surface area contributed by atoms with Gasteiger partial charge in [0, 0.05) is 48.0 Å². The molecule has 4 rings (SSSR count). The standard InChI is InChI=1S/C31H40F2N2O3/c1-21(14-23-11-12-24(32)15-29(23)33)19-34-31(36)28-17-26(37-2)18-30(38-3)27(28)16-25-10-7-13-35(25)20-22-8-5-4-6-9-22/h11-12,14-15,17-18,22,25H,4-10,13,16,19-20H2,1-3H3,(H,34,36)/t25-/m1/s1. The van der Waals surface area contributed by atoms with E-state index in [0.29, 0.717) is 23.1 Å². The fourth-order valence-corrected chi connectivity index (χ4v) is 5.89. The molecule has 0 spiro atoms. The molecule has 38 heavy (non-hydrogen) atoms. The first-order valence-corrected chi connectivity index (χ1v) is 13.8. The van der Waals surface area contributed by atoms with Gasteiger partial charge in [0.05, 0.1) is 14.2 Å². The van der Waals surface area contributed by atoms with E-state index >= 15 is 0 Å². The smallest absolute Gasteiger partial charge is 0.252 e. The van der Waals surface area contributed by atoms with Gasteiger partial charge in [0.15, 0.2) is 0 Å². The molecule has 2 fully saturated rings. The van der Waals surface area contributed by atoms with Gasteiger partial charge < -0.3 is 14.8 Å². The van der Waals surface area contributed by atoms with Crippen LogP contribution in [0.4, 0.5) is 8.78 Å². The molecule has 5 nitrogen and oxygen atoms in total. The van der Waals surface area contributed by atoms with Crippen LogP contribution in [-0.2, 0) is 6.42 Å². The summed E-state index contributed by atoms with van der Waals surface area (Å²) >= 11 is 0. The summed E-state index contributed by atoms with van der Waals surface area (Å²) in [5, 5.41) is 2.97. The fourth-order valence-electron chi connectivity index (χ4n) is 5.89. The molecule has 0 radical (unpaired) electrons. The molecule has 0 aromatic heterocycles. The second-order valence-electron chi connectivity index (χ2n) is 10.7. The Hall–Kier alpha value is -2.93. The van der Waals surface area contributed by atoms with Gasteiger partial charge in [-0.25, -0.2) is 8.78 Å². The van der Waals surface area contributed by atoms with Crippen molar-refractivity contribution in [2.45, 2.75) is 64.3 Å². The summed E-state index contributed by atoms with van der Waals surface area (Å²) in [6, 6.07) is 7.44. The predicted molar refractivity (Wildman–Crippen MR) is 147 cm³/mol. The first-order chi connectivity index (χ1) is 18.4. The minimum Gasteiger partial charge on any atom is -0.497 e. The summed E-state index contributed by atoms with van der Waals surface area (Å²) in [6.45, 7) is 4.27. The van der Waals surface area contributed by atoms with Crippen LogP contribution in [0.2, 0.25) is 0 Å². The zero-order valence-electron chi connectivity index (χ0n) is 22.8. The van der Waals surface area contributed by atoms with Gasteiger partial charge in [-0.3, -0.25) is 9.69 Å². The first-order valence-electron chi connectivity index (χ1n) is 13.8. The van der Waals surface area contributed by atoms with Crippen molar-refractivity contribution < 1.29 is 23.0 Å². The number of carbonyl (C=O) groups is 1. The van der Waals surface area contributed by atoms with Crippen LogP contribution in [0.5, 0.6) is 11.5 Å². The van der Waals surface area contributed by atoms with Crippen molar-refractivity contribution in [3.8, 4) is 11.5 Å². The summed E-state index contributed by atoms with van der Waals surface area (Å²) < 4.78 is 38.5. The van der Waals surface area contributed by atoms with Crippen molar-refractivity contribution in [1.29, 1.82) is 0 Å². The second-order valence-corrected chi connectivity index (χ2v) is 10.7. The number of rotatable bonds is 10. The van der Waals surface area contributed by atoms with Gasteiger partial charge in [-0.05, 0) is 69.7 Å². The lowest BCUT2D eigenvalue weighted by Gasteiger charge is -2.31. The Morgan fingerprint density at radius 1 is 1.05 bits per heavy atom. The van der Waals surface area contributed by atoms with Crippen LogP contribution in [0.3, 0.4) is 0 Å². The molecule has 1 aliphatic carbocycles. The number of halogens is 2. The Morgan fingerprint density at radius 2 is 1.84 bits per heavy atom. The molecule has 1 N–H and O–H groups in total. The van der Waals surface area contributed by atoms with Crippen LogP contribution < -0.4 is 14.8 Å². The third-order valence-corrected chi connectivity index (χ3v) is 7.93. The van der Waals surface area contributed by atoms with Gasteiger partial charge >= 0.3 is 0 Å². The van der Waals surface area contributed by atoms with E-state index in [9.17, 15) is 13.6 Å². The summed E-state index contributed by atoms with van der Waals surface area (Å²) in [6.07, 6.45) is 11.3. The van der Waals surface area contributed by atoms with Crippen LogP contribution >= 0.6 is 0 Å². The van der Waals surface area contributed by atoms with E-state index in [-0.39, 0.29) is 18.0 Å². The van der Waals surface area contributed by atoms with Gasteiger partial charge in [-0.2, -0.15) is 0 Å². The van der Waals surface area contributed by atoms with Gasteiger partial charge in [0.25, 0.3) is 5.91 Å². The molecule has 1 aliphatic heterocycles. The van der Waals surface area contributed by atoms with Crippen molar-refractivity contribution in [2.24, 2.45) is 5.92 Å². The third kappa shape index (κ3) is 7.13. The average molecular weight is 527 g/mol. The fraction of sp³-hybridized carbons (Fsp3) is 0.516. The van der Waals surface area contributed by atoms with E-state index in [2.05, 4.69) is 10.2 Å². The Kier molecular flexibility index (Phi) is 9.78. The summed E-state index contributed by atoms with van der Waals surface area (Å²) in [7, 11) is 3.20. The van der Waals surface area contributed by atoms with Gasteiger partial charge in [0.2, 0.25) is 0 Å². The molecule has 2 aromatic carbocycles. The molecule has 1 saturated carbocycles. The van der Waals surface area contributed by atoms with Gasteiger partial charge in [0.1, 0.15) is 23.1 Å². The van der Waals surface area contributed by atoms with E-state index in [1.165, 1.54) is 50.7 Å². The predicted octanol–water partition coefficient (Wildman–Crippen LogP) is 6.40. The minimum absolute atomic E-state index is 0.228. The van der Waals surface area contributed by atoms with Crippen LogP contribution in [-0.4, -0.2) is 50.7 Å². The zero-order chi connectivity index (χ0) is 27.1. The molecule has 0 bridgehead atoms. The molecule has 2 aliphatic rings. The highest BCUT2D eigenvalue weighted by Crippen LogP contribution is 2.34. The quantitative estimate of drug-likeness (QED) is 0.389. The first kappa shape index (κ1) is 28.1. The molecule has 1 heterocycles. The average Bonchev–Trinajstić information content (AvgIpc) is 3.35. The highest BCUT2D eigenvalue weighted by atomic mass is 19.1. The molecular weight excluding hydrogens is 486 g/mol. The lowest BCUT2D eigenvalue weighted by atomic mass is 9.88.